The molecular weight excluding hydrogens is 240 g/mol. The molecule has 1 unspecified atom stereocenters. The van der Waals surface area contributed by atoms with Crippen molar-refractivity contribution in [3.8, 4) is 0 Å². The van der Waals surface area contributed by atoms with E-state index in [4.69, 9.17) is 0 Å². The smallest absolute Gasteiger partial charge is 0.0327 e. The molecule has 0 saturated heterocycles. The van der Waals surface area contributed by atoms with E-state index in [1.807, 2.05) is 11.3 Å². The zero-order chi connectivity index (χ0) is 13.8. The number of thiophene rings is 1. The Hall–Kier alpha value is -0.380. The molecule has 0 aliphatic carbocycles. The van der Waals surface area contributed by atoms with E-state index in [1.54, 1.807) is 0 Å². The summed E-state index contributed by atoms with van der Waals surface area (Å²) in [7, 11) is 2.21. The zero-order valence-corrected chi connectivity index (χ0v) is 13.5. The molecule has 0 spiro atoms. The molecule has 104 valence electrons. The molecule has 1 aromatic rings. The lowest BCUT2D eigenvalue weighted by molar-refractivity contribution is 0.246. The van der Waals surface area contributed by atoms with Crippen LogP contribution >= 0.6 is 11.3 Å². The molecule has 3 heteroatoms. The van der Waals surface area contributed by atoms with Crippen molar-refractivity contribution in [2.75, 3.05) is 7.05 Å². The van der Waals surface area contributed by atoms with Crippen LogP contribution in [0, 0.1) is 0 Å². The minimum absolute atomic E-state index is 0.192. The van der Waals surface area contributed by atoms with Crippen molar-refractivity contribution in [2.45, 2.75) is 65.7 Å². The second-order valence-electron chi connectivity index (χ2n) is 6.14. The summed E-state index contributed by atoms with van der Waals surface area (Å²) in [6, 6.07) is 5.18. The largest absolute Gasteiger partial charge is 0.307 e. The number of hydrogen-bond donors (Lipinski definition) is 1. The van der Waals surface area contributed by atoms with Crippen molar-refractivity contribution in [2.24, 2.45) is 0 Å². The zero-order valence-electron chi connectivity index (χ0n) is 12.7. The number of nitrogens with zero attached hydrogens (tertiary/aromatic N) is 1. The summed E-state index contributed by atoms with van der Waals surface area (Å²) in [5, 5.41) is 3.54. The van der Waals surface area contributed by atoms with E-state index in [0.29, 0.717) is 6.04 Å². The van der Waals surface area contributed by atoms with Gasteiger partial charge in [-0.2, -0.15) is 0 Å². The van der Waals surface area contributed by atoms with Crippen LogP contribution in [0.25, 0.3) is 0 Å². The van der Waals surface area contributed by atoms with Gasteiger partial charge in [-0.1, -0.05) is 6.92 Å². The first-order valence-electron chi connectivity index (χ1n) is 6.84. The molecular formula is C15H28N2S. The summed E-state index contributed by atoms with van der Waals surface area (Å²) in [5.41, 5.74) is 0.192. The molecule has 18 heavy (non-hydrogen) atoms. The molecule has 0 fully saturated rings. The van der Waals surface area contributed by atoms with Crippen LogP contribution in [-0.2, 0) is 13.1 Å². The Morgan fingerprint density at radius 1 is 1.28 bits per heavy atom. The quantitative estimate of drug-likeness (QED) is 0.842. The SMILES string of the molecule is CCC(C)N(C)Cc1ccc(CNC(C)(C)C)s1. The highest BCUT2D eigenvalue weighted by Gasteiger charge is 2.11. The van der Waals surface area contributed by atoms with Gasteiger partial charge in [0.1, 0.15) is 0 Å². The summed E-state index contributed by atoms with van der Waals surface area (Å²) in [5.74, 6) is 0. The maximum absolute atomic E-state index is 3.54. The van der Waals surface area contributed by atoms with E-state index in [2.05, 4.69) is 64.0 Å². The second kappa shape index (κ2) is 6.69. The fraction of sp³-hybridized carbons (Fsp3) is 0.733. The summed E-state index contributed by atoms with van der Waals surface area (Å²) in [6.45, 7) is 13.2. The van der Waals surface area contributed by atoms with Crippen molar-refractivity contribution in [3.63, 3.8) is 0 Å². The highest BCUT2D eigenvalue weighted by Crippen LogP contribution is 2.19. The standard InChI is InChI=1S/C15H28N2S/c1-7-12(2)17(6)11-14-9-8-13(18-14)10-16-15(3,4)5/h8-9,12,16H,7,10-11H2,1-6H3. The molecule has 0 aromatic carbocycles. The molecule has 0 bridgehead atoms. The molecule has 2 nitrogen and oxygen atoms in total. The topological polar surface area (TPSA) is 15.3 Å². The maximum atomic E-state index is 3.54. The lowest BCUT2D eigenvalue weighted by Crippen LogP contribution is -2.34. The Morgan fingerprint density at radius 3 is 2.44 bits per heavy atom. The minimum Gasteiger partial charge on any atom is -0.307 e. The van der Waals surface area contributed by atoms with Crippen LogP contribution in [0.3, 0.4) is 0 Å². The Labute approximate surface area is 116 Å². The average Bonchev–Trinajstić information content (AvgIpc) is 2.72. The van der Waals surface area contributed by atoms with E-state index >= 15 is 0 Å². The van der Waals surface area contributed by atoms with Crippen molar-refractivity contribution in [3.05, 3.63) is 21.9 Å². The number of hydrogen-bond acceptors (Lipinski definition) is 3. The van der Waals surface area contributed by atoms with Crippen LogP contribution < -0.4 is 5.32 Å². The van der Waals surface area contributed by atoms with Gasteiger partial charge in [0.2, 0.25) is 0 Å². The van der Waals surface area contributed by atoms with Crippen molar-refractivity contribution in [1.29, 1.82) is 0 Å². The van der Waals surface area contributed by atoms with Crippen LogP contribution in [0.4, 0.5) is 0 Å². The highest BCUT2D eigenvalue weighted by atomic mass is 32.1. The third-order valence-electron chi connectivity index (χ3n) is 3.26. The first-order chi connectivity index (χ1) is 8.31. The van der Waals surface area contributed by atoms with Gasteiger partial charge in [-0.3, -0.25) is 4.90 Å². The van der Waals surface area contributed by atoms with E-state index in [1.165, 1.54) is 16.2 Å². The van der Waals surface area contributed by atoms with Crippen LogP contribution in [0.5, 0.6) is 0 Å². The molecule has 1 N–H and O–H groups in total. The van der Waals surface area contributed by atoms with Crippen molar-refractivity contribution in [1.82, 2.24) is 10.2 Å². The number of nitrogens with one attached hydrogen (secondary N) is 1. The van der Waals surface area contributed by atoms with Crippen molar-refractivity contribution < 1.29 is 0 Å². The van der Waals surface area contributed by atoms with Crippen LogP contribution in [0.15, 0.2) is 12.1 Å². The molecule has 0 aliphatic rings. The van der Waals surface area contributed by atoms with Crippen LogP contribution in [0.1, 0.15) is 50.8 Å². The first kappa shape index (κ1) is 15.7. The van der Waals surface area contributed by atoms with Crippen LogP contribution in [-0.4, -0.2) is 23.5 Å². The van der Waals surface area contributed by atoms with Gasteiger partial charge in [0.15, 0.2) is 0 Å². The normalized spacial score (nSPS) is 14.2. The Bertz CT molecular complexity index is 352. The fourth-order valence-corrected chi connectivity index (χ4v) is 2.69. The van der Waals surface area contributed by atoms with Gasteiger partial charge in [-0.25, -0.2) is 0 Å². The predicted octanol–water partition coefficient (Wildman–Crippen LogP) is 3.87. The third-order valence-corrected chi connectivity index (χ3v) is 4.33. The maximum Gasteiger partial charge on any atom is 0.0327 e. The highest BCUT2D eigenvalue weighted by molar-refractivity contribution is 7.11. The monoisotopic (exact) mass is 268 g/mol. The Kier molecular flexibility index (Phi) is 5.83. The Balaban J connectivity index is 2.48. The third kappa shape index (κ3) is 5.51. The minimum atomic E-state index is 0.192. The van der Waals surface area contributed by atoms with Crippen LogP contribution in [0.2, 0.25) is 0 Å². The van der Waals surface area contributed by atoms with E-state index in [0.717, 1.165) is 13.1 Å². The van der Waals surface area contributed by atoms with Gasteiger partial charge >= 0.3 is 0 Å². The molecule has 1 aromatic heterocycles. The van der Waals surface area contributed by atoms with Gasteiger partial charge in [-0.05, 0) is 53.3 Å². The lowest BCUT2D eigenvalue weighted by atomic mass is 10.1. The number of rotatable bonds is 6. The first-order valence-corrected chi connectivity index (χ1v) is 7.66. The van der Waals surface area contributed by atoms with Gasteiger partial charge < -0.3 is 5.32 Å². The molecule has 0 radical (unpaired) electrons. The summed E-state index contributed by atoms with van der Waals surface area (Å²) in [6.07, 6.45) is 1.21. The van der Waals surface area contributed by atoms with E-state index in [9.17, 15) is 0 Å². The molecule has 1 atom stereocenters. The molecule has 1 rings (SSSR count). The summed E-state index contributed by atoms with van der Waals surface area (Å²) in [4.78, 5) is 5.31. The summed E-state index contributed by atoms with van der Waals surface area (Å²) >= 11 is 1.93. The molecule has 1 heterocycles. The molecule has 0 aliphatic heterocycles. The molecule has 0 saturated carbocycles. The van der Waals surface area contributed by atoms with E-state index < -0.39 is 0 Å². The van der Waals surface area contributed by atoms with Gasteiger partial charge in [-0.15, -0.1) is 11.3 Å². The second-order valence-corrected chi connectivity index (χ2v) is 7.40. The predicted molar refractivity (Wildman–Crippen MR) is 82.1 cm³/mol. The Morgan fingerprint density at radius 2 is 1.89 bits per heavy atom. The van der Waals surface area contributed by atoms with E-state index in [-0.39, 0.29) is 5.54 Å². The van der Waals surface area contributed by atoms with Gasteiger partial charge in [0.25, 0.3) is 0 Å². The van der Waals surface area contributed by atoms with Gasteiger partial charge in [0.05, 0.1) is 0 Å². The lowest BCUT2D eigenvalue weighted by Gasteiger charge is -2.22. The average molecular weight is 268 g/mol. The summed E-state index contributed by atoms with van der Waals surface area (Å²) < 4.78 is 0. The van der Waals surface area contributed by atoms with Crippen molar-refractivity contribution >= 4 is 11.3 Å². The molecule has 0 amide bonds. The van der Waals surface area contributed by atoms with Gasteiger partial charge in [0, 0.05) is 34.4 Å². The fourth-order valence-electron chi connectivity index (χ4n) is 1.67.